The van der Waals surface area contributed by atoms with Gasteiger partial charge in [-0.1, -0.05) is 29.4 Å². The molecule has 0 unspecified atom stereocenters. The Kier molecular flexibility index (Phi) is 4.50. The molecule has 0 bridgehead atoms. The van der Waals surface area contributed by atoms with Crippen LogP contribution in [0.25, 0.3) is 10.8 Å². The molecule has 2 aromatic rings. The molecular weight excluding hydrogens is 296 g/mol. The summed E-state index contributed by atoms with van der Waals surface area (Å²) in [5.41, 5.74) is 6.24. The van der Waals surface area contributed by atoms with Gasteiger partial charge in [0.05, 0.1) is 13.2 Å². The summed E-state index contributed by atoms with van der Waals surface area (Å²) >= 11 is 0. The van der Waals surface area contributed by atoms with Crippen molar-refractivity contribution >= 4 is 22.5 Å². The van der Waals surface area contributed by atoms with Crippen LogP contribution in [0.4, 0.5) is 10.5 Å². The SMILES string of the molecule is NC(=O)N=Nc1cc(CN2CCOCC2)c2ccccc2c1O. The number of carbonyl (C=O) groups excluding carboxylic acids is 1. The summed E-state index contributed by atoms with van der Waals surface area (Å²) in [4.78, 5) is 13.1. The number of ether oxygens (including phenoxy) is 1. The van der Waals surface area contributed by atoms with Gasteiger partial charge in [-0.25, -0.2) is 4.79 Å². The number of rotatable bonds is 3. The highest BCUT2D eigenvalue weighted by molar-refractivity contribution is 5.95. The van der Waals surface area contributed by atoms with Gasteiger partial charge < -0.3 is 15.6 Å². The van der Waals surface area contributed by atoms with Crippen molar-refractivity contribution in [1.82, 2.24) is 4.90 Å². The van der Waals surface area contributed by atoms with Crippen LogP contribution >= 0.6 is 0 Å². The van der Waals surface area contributed by atoms with E-state index in [-0.39, 0.29) is 11.4 Å². The van der Waals surface area contributed by atoms with E-state index in [2.05, 4.69) is 15.1 Å². The van der Waals surface area contributed by atoms with E-state index in [4.69, 9.17) is 10.5 Å². The van der Waals surface area contributed by atoms with Crippen molar-refractivity contribution < 1.29 is 14.6 Å². The molecular formula is C16H18N4O3. The van der Waals surface area contributed by atoms with Crippen molar-refractivity contribution in [1.29, 1.82) is 0 Å². The molecule has 0 radical (unpaired) electrons. The number of carbonyl (C=O) groups is 1. The molecule has 7 heteroatoms. The molecule has 7 nitrogen and oxygen atoms in total. The third-order valence-corrected chi connectivity index (χ3v) is 3.84. The second kappa shape index (κ2) is 6.72. The van der Waals surface area contributed by atoms with Crippen molar-refractivity contribution in [2.75, 3.05) is 26.3 Å². The van der Waals surface area contributed by atoms with Crippen LogP contribution in [-0.4, -0.2) is 42.3 Å². The van der Waals surface area contributed by atoms with Gasteiger partial charge in [-0.15, -0.1) is 5.11 Å². The Hall–Kier alpha value is -2.51. The van der Waals surface area contributed by atoms with Gasteiger partial charge >= 0.3 is 6.03 Å². The molecule has 3 rings (SSSR count). The number of fused-ring (bicyclic) bond motifs is 1. The molecule has 1 aliphatic heterocycles. The second-order valence-corrected chi connectivity index (χ2v) is 5.38. The van der Waals surface area contributed by atoms with Crippen LogP contribution in [0.5, 0.6) is 5.75 Å². The maximum Gasteiger partial charge on any atom is 0.356 e. The molecule has 1 saturated heterocycles. The largest absolute Gasteiger partial charge is 0.505 e. The fraction of sp³-hybridized carbons (Fsp3) is 0.312. The molecule has 2 aromatic carbocycles. The van der Waals surface area contributed by atoms with Crippen LogP contribution in [-0.2, 0) is 11.3 Å². The number of amides is 2. The number of urea groups is 1. The third kappa shape index (κ3) is 3.46. The van der Waals surface area contributed by atoms with Crippen LogP contribution in [0.2, 0.25) is 0 Å². The maximum absolute atomic E-state index is 10.8. The van der Waals surface area contributed by atoms with E-state index in [9.17, 15) is 9.90 Å². The predicted octanol–water partition coefficient (Wildman–Crippen LogP) is 2.54. The number of nitrogens with zero attached hydrogens (tertiary/aromatic N) is 3. The minimum Gasteiger partial charge on any atom is -0.505 e. The first-order valence-electron chi connectivity index (χ1n) is 7.40. The molecule has 2 amide bonds. The van der Waals surface area contributed by atoms with Crippen molar-refractivity contribution in [3.05, 3.63) is 35.9 Å². The fourth-order valence-corrected chi connectivity index (χ4v) is 2.73. The number of phenolic OH excluding ortho intramolecular Hbond substituents is 1. The molecule has 0 spiro atoms. The van der Waals surface area contributed by atoms with Crippen LogP contribution in [0, 0.1) is 0 Å². The number of hydrogen-bond donors (Lipinski definition) is 2. The van der Waals surface area contributed by atoms with Gasteiger partial charge in [-0.2, -0.15) is 0 Å². The number of phenols is 1. The summed E-state index contributed by atoms with van der Waals surface area (Å²) in [6.07, 6.45) is 0. The molecule has 0 aliphatic carbocycles. The fourth-order valence-electron chi connectivity index (χ4n) is 2.73. The smallest absolute Gasteiger partial charge is 0.356 e. The average Bonchev–Trinajstić information content (AvgIpc) is 2.57. The van der Waals surface area contributed by atoms with Crippen LogP contribution < -0.4 is 5.73 Å². The number of primary amides is 1. The normalized spacial score (nSPS) is 16.2. The van der Waals surface area contributed by atoms with Crippen molar-refractivity contribution in [2.24, 2.45) is 16.0 Å². The van der Waals surface area contributed by atoms with Gasteiger partial charge in [0.25, 0.3) is 0 Å². The number of hydrogen-bond acceptors (Lipinski definition) is 5. The molecule has 23 heavy (non-hydrogen) atoms. The van der Waals surface area contributed by atoms with E-state index in [0.29, 0.717) is 25.1 Å². The van der Waals surface area contributed by atoms with Gasteiger partial charge in [0.15, 0.2) is 5.75 Å². The monoisotopic (exact) mass is 314 g/mol. The highest BCUT2D eigenvalue weighted by atomic mass is 16.5. The molecule has 1 fully saturated rings. The lowest BCUT2D eigenvalue weighted by Crippen LogP contribution is -2.35. The number of morpholine rings is 1. The average molecular weight is 314 g/mol. The zero-order valence-corrected chi connectivity index (χ0v) is 12.6. The Morgan fingerprint density at radius 2 is 1.96 bits per heavy atom. The van der Waals surface area contributed by atoms with E-state index >= 15 is 0 Å². The lowest BCUT2D eigenvalue weighted by Gasteiger charge is -2.27. The first-order valence-corrected chi connectivity index (χ1v) is 7.40. The van der Waals surface area contributed by atoms with E-state index < -0.39 is 6.03 Å². The Labute approximate surface area is 133 Å². The summed E-state index contributed by atoms with van der Waals surface area (Å²) in [6, 6.07) is 8.40. The second-order valence-electron chi connectivity index (χ2n) is 5.38. The van der Waals surface area contributed by atoms with Crippen molar-refractivity contribution in [3.8, 4) is 5.75 Å². The standard InChI is InChI=1S/C16H18N4O3/c17-16(22)19-18-14-9-11(10-20-5-7-23-8-6-20)12-3-1-2-4-13(12)15(14)21/h1-4,9,21H,5-8,10H2,(H2,17,22). The lowest BCUT2D eigenvalue weighted by molar-refractivity contribution is 0.0344. The van der Waals surface area contributed by atoms with Crippen molar-refractivity contribution in [2.45, 2.75) is 6.54 Å². The summed E-state index contributed by atoms with van der Waals surface area (Å²) < 4.78 is 5.37. The molecule has 1 heterocycles. The first-order chi connectivity index (χ1) is 11.1. The van der Waals surface area contributed by atoms with Gasteiger partial charge in [-0.05, 0) is 17.0 Å². The van der Waals surface area contributed by atoms with Crippen LogP contribution in [0.1, 0.15) is 5.56 Å². The van der Waals surface area contributed by atoms with Gasteiger partial charge in [0.2, 0.25) is 0 Å². The molecule has 0 atom stereocenters. The molecule has 1 aliphatic rings. The highest BCUT2D eigenvalue weighted by Crippen LogP contribution is 2.37. The molecule has 0 aromatic heterocycles. The number of benzene rings is 2. The van der Waals surface area contributed by atoms with Gasteiger partial charge in [0, 0.05) is 25.0 Å². The number of aromatic hydroxyl groups is 1. The Morgan fingerprint density at radius 1 is 1.26 bits per heavy atom. The summed E-state index contributed by atoms with van der Waals surface area (Å²) in [6.45, 7) is 3.85. The molecule has 3 N–H and O–H groups in total. The van der Waals surface area contributed by atoms with Gasteiger partial charge in [0.1, 0.15) is 5.69 Å². The summed E-state index contributed by atoms with van der Waals surface area (Å²) in [7, 11) is 0. The zero-order valence-electron chi connectivity index (χ0n) is 12.6. The Morgan fingerprint density at radius 3 is 2.65 bits per heavy atom. The topological polar surface area (TPSA) is 101 Å². The predicted molar refractivity (Wildman–Crippen MR) is 85.8 cm³/mol. The zero-order chi connectivity index (χ0) is 16.2. The maximum atomic E-state index is 10.8. The third-order valence-electron chi connectivity index (χ3n) is 3.84. The van der Waals surface area contributed by atoms with Crippen molar-refractivity contribution in [3.63, 3.8) is 0 Å². The molecule has 120 valence electrons. The number of nitrogens with two attached hydrogens (primary N) is 1. The van der Waals surface area contributed by atoms with E-state index in [1.165, 1.54) is 0 Å². The molecule has 0 saturated carbocycles. The Balaban J connectivity index is 2.03. The Bertz CT molecular complexity index is 754. The minimum absolute atomic E-state index is 0.00340. The van der Waals surface area contributed by atoms with Crippen LogP contribution in [0.15, 0.2) is 40.6 Å². The van der Waals surface area contributed by atoms with E-state index in [1.54, 1.807) is 6.07 Å². The summed E-state index contributed by atoms with van der Waals surface area (Å²) in [5, 5.41) is 19.1. The van der Waals surface area contributed by atoms with E-state index in [1.807, 2.05) is 24.3 Å². The highest BCUT2D eigenvalue weighted by Gasteiger charge is 2.16. The van der Waals surface area contributed by atoms with Crippen LogP contribution in [0.3, 0.4) is 0 Å². The lowest BCUT2D eigenvalue weighted by atomic mass is 10.0. The summed E-state index contributed by atoms with van der Waals surface area (Å²) in [5.74, 6) is -0.00340. The minimum atomic E-state index is -0.896. The quantitative estimate of drug-likeness (QED) is 0.850. The van der Waals surface area contributed by atoms with E-state index in [0.717, 1.165) is 24.0 Å². The van der Waals surface area contributed by atoms with Gasteiger partial charge in [-0.3, -0.25) is 4.90 Å². The first kappa shape index (κ1) is 15.4. The number of azo groups is 1.